The highest BCUT2D eigenvalue weighted by Crippen LogP contribution is 2.18. The molecule has 0 unspecified atom stereocenters. The summed E-state index contributed by atoms with van der Waals surface area (Å²) in [6.45, 7) is 3.53. The molecule has 0 radical (unpaired) electrons. The van der Waals surface area contributed by atoms with Crippen LogP contribution in [0, 0.1) is 0 Å². The molecule has 0 bridgehead atoms. The Kier molecular flexibility index (Phi) is 5.24. The van der Waals surface area contributed by atoms with Crippen LogP contribution in [-0.4, -0.2) is 45.2 Å². The van der Waals surface area contributed by atoms with Crippen LogP contribution in [0.15, 0.2) is 48.5 Å². The van der Waals surface area contributed by atoms with E-state index < -0.39 is 0 Å². The third-order valence-electron chi connectivity index (χ3n) is 4.70. The molecule has 1 saturated heterocycles. The van der Waals surface area contributed by atoms with Crippen molar-refractivity contribution in [2.45, 2.75) is 19.9 Å². The van der Waals surface area contributed by atoms with Crippen LogP contribution < -0.4 is 5.32 Å². The second-order valence-electron chi connectivity index (χ2n) is 6.72. The fourth-order valence-corrected chi connectivity index (χ4v) is 3.04. The first-order valence-corrected chi connectivity index (χ1v) is 9.46. The molecule has 3 aromatic rings. The lowest BCUT2D eigenvalue weighted by Gasteiger charge is -2.13. The van der Waals surface area contributed by atoms with Gasteiger partial charge in [0.1, 0.15) is 12.4 Å². The lowest BCUT2D eigenvalue weighted by Crippen LogP contribution is -2.23. The monoisotopic (exact) mass is 391 g/mol. The topological polar surface area (TPSA) is 100 Å². The summed E-state index contributed by atoms with van der Waals surface area (Å²) in [4.78, 5) is 30.1. The molecule has 4 rings (SSSR count). The van der Waals surface area contributed by atoms with Gasteiger partial charge < -0.3 is 15.0 Å². The fraction of sp³-hybridized carbons (Fsp3) is 0.238. The van der Waals surface area contributed by atoms with Crippen LogP contribution in [0.2, 0.25) is 0 Å². The fourth-order valence-electron chi connectivity index (χ4n) is 3.04. The van der Waals surface area contributed by atoms with Gasteiger partial charge in [-0.2, -0.15) is 5.10 Å². The number of aromatic nitrogens is 3. The average Bonchev–Trinajstić information content (AvgIpc) is 3.39. The van der Waals surface area contributed by atoms with Gasteiger partial charge in [0.2, 0.25) is 0 Å². The van der Waals surface area contributed by atoms with Crippen molar-refractivity contribution in [3.63, 3.8) is 0 Å². The first-order chi connectivity index (χ1) is 14.1. The predicted octanol–water partition coefficient (Wildman–Crippen LogP) is 3.24. The summed E-state index contributed by atoms with van der Waals surface area (Å²) in [6.07, 6.45) is 0.496. The molecule has 1 aliphatic rings. The van der Waals surface area contributed by atoms with Gasteiger partial charge in [-0.25, -0.2) is 9.78 Å². The minimum absolute atomic E-state index is 0.198. The Morgan fingerprint density at radius 3 is 2.55 bits per heavy atom. The number of rotatable bonds is 6. The highest BCUT2D eigenvalue weighted by atomic mass is 16.6. The maximum Gasteiger partial charge on any atom is 0.410 e. The van der Waals surface area contributed by atoms with E-state index in [2.05, 4.69) is 20.5 Å². The molecule has 1 aromatic heterocycles. The van der Waals surface area contributed by atoms with E-state index in [-0.39, 0.29) is 12.0 Å². The lowest BCUT2D eigenvalue weighted by molar-refractivity contribution is 0.102. The van der Waals surface area contributed by atoms with Gasteiger partial charge in [-0.15, -0.1) is 0 Å². The van der Waals surface area contributed by atoms with Crippen molar-refractivity contribution in [1.82, 2.24) is 20.1 Å². The molecule has 148 valence electrons. The Morgan fingerprint density at radius 1 is 1.17 bits per heavy atom. The van der Waals surface area contributed by atoms with Crippen molar-refractivity contribution in [2.75, 3.05) is 18.5 Å². The number of aryl methyl sites for hydroxylation is 1. The summed E-state index contributed by atoms with van der Waals surface area (Å²) in [5, 5.41) is 9.94. The van der Waals surface area contributed by atoms with E-state index in [1.165, 1.54) is 0 Å². The number of aromatic amines is 1. The van der Waals surface area contributed by atoms with Crippen molar-refractivity contribution in [3.8, 4) is 11.4 Å². The number of carbonyl (C=O) groups excluding carboxylic acids is 2. The van der Waals surface area contributed by atoms with E-state index in [4.69, 9.17) is 4.74 Å². The second-order valence-corrected chi connectivity index (χ2v) is 6.72. The SMILES string of the molecule is CCc1nc(-c2ccc(C(=O)Nc3ccc(CN4CCOC4=O)cc3)cc2)n[nH]1. The number of H-pyrrole nitrogens is 1. The van der Waals surface area contributed by atoms with E-state index in [0.29, 0.717) is 36.8 Å². The Labute approximate surface area is 167 Å². The van der Waals surface area contributed by atoms with Crippen LogP contribution in [-0.2, 0) is 17.7 Å². The third kappa shape index (κ3) is 4.26. The standard InChI is InChI=1S/C21H21N5O3/c1-2-18-23-19(25-24-18)15-5-7-16(8-6-15)20(27)22-17-9-3-14(4-10-17)13-26-11-12-29-21(26)28/h3-10H,2,11-13H2,1H3,(H,22,27)(H,23,24,25). The van der Waals surface area contributed by atoms with Gasteiger partial charge in [0.25, 0.3) is 5.91 Å². The smallest absolute Gasteiger partial charge is 0.410 e. The van der Waals surface area contributed by atoms with Crippen LogP contribution in [0.5, 0.6) is 0 Å². The molecule has 0 atom stereocenters. The summed E-state index contributed by atoms with van der Waals surface area (Å²) < 4.78 is 4.93. The number of hydrogen-bond donors (Lipinski definition) is 2. The molecule has 8 heteroatoms. The summed E-state index contributed by atoms with van der Waals surface area (Å²) in [5.74, 6) is 1.25. The molecule has 2 heterocycles. The maximum atomic E-state index is 12.5. The largest absolute Gasteiger partial charge is 0.448 e. The molecule has 2 amide bonds. The van der Waals surface area contributed by atoms with Crippen LogP contribution in [0.4, 0.5) is 10.5 Å². The predicted molar refractivity (Wildman–Crippen MR) is 107 cm³/mol. The van der Waals surface area contributed by atoms with Crippen LogP contribution in [0.1, 0.15) is 28.7 Å². The molecule has 0 spiro atoms. The minimum atomic E-state index is -0.290. The Balaban J connectivity index is 1.37. The number of benzene rings is 2. The minimum Gasteiger partial charge on any atom is -0.448 e. The van der Waals surface area contributed by atoms with Crippen molar-refractivity contribution in [1.29, 1.82) is 0 Å². The number of nitrogens with one attached hydrogen (secondary N) is 2. The van der Waals surface area contributed by atoms with Crippen molar-refractivity contribution in [3.05, 3.63) is 65.5 Å². The molecule has 0 saturated carbocycles. The Bertz CT molecular complexity index is 1010. The normalized spacial score (nSPS) is 13.4. The van der Waals surface area contributed by atoms with Gasteiger partial charge in [0, 0.05) is 29.8 Å². The van der Waals surface area contributed by atoms with Gasteiger partial charge in [-0.1, -0.05) is 31.2 Å². The summed E-state index contributed by atoms with van der Waals surface area (Å²) in [7, 11) is 0. The molecule has 8 nitrogen and oxygen atoms in total. The van der Waals surface area contributed by atoms with Gasteiger partial charge in [-0.05, 0) is 29.8 Å². The van der Waals surface area contributed by atoms with Crippen LogP contribution >= 0.6 is 0 Å². The van der Waals surface area contributed by atoms with E-state index >= 15 is 0 Å². The zero-order valence-corrected chi connectivity index (χ0v) is 16.0. The number of carbonyl (C=O) groups is 2. The highest BCUT2D eigenvalue weighted by molar-refractivity contribution is 6.04. The molecule has 0 aliphatic carbocycles. The van der Waals surface area contributed by atoms with E-state index in [9.17, 15) is 9.59 Å². The first kappa shape index (κ1) is 18.7. The molecule has 29 heavy (non-hydrogen) atoms. The van der Waals surface area contributed by atoms with Gasteiger partial charge in [0.15, 0.2) is 5.82 Å². The molecule has 1 fully saturated rings. The van der Waals surface area contributed by atoms with Gasteiger partial charge in [-0.3, -0.25) is 9.89 Å². The van der Waals surface area contributed by atoms with Crippen molar-refractivity contribution in [2.24, 2.45) is 0 Å². The zero-order chi connectivity index (χ0) is 20.2. The molecule has 1 aliphatic heterocycles. The lowest BCUT2D eigenvalue weighted by atomic mass is 10.1. The Hall–Kier alpha value is -3.68. The zero-order valence-electron chi connectivity index (χ0n) is 16.0. The third-order valence-corrected chi connectivity index (χ3v) is 4.70. The molecule has 2 N–H and O–H groups in total. The summed E-state index contributed by atoms with van der Waals surface area (Å²) in [6, 6.07) is 14.6. The highest BCUT2D eigenvalue weighted by Gasteiger charge is 2.21. The van der Waals surface area contributed by atoms with Gasteiger partial charge in [0.05, 0.1) is 6.54 Å². The van der Waals surface area contributed by atoms with E-state index in [1.807, 2.05) is 43.3 Å². The summed E-state index contributed by atoms with van der Waals surface area (Å²) in [5.41, 5.74) is 3.06. The summed E-state index contributed by atoms with van der Waals surface area (Å²) >= 11 is 0. The van der Waals surface area contributed by atoms with Crippen LogP contribution in [0.25, 0.3) is 11.4 Å². The number of ether oxygens (including phenoxy) is 1. The first-order valence-electron chi connectivity index (χ1n) is 9.46. The van der Waals surface area contributed by atoms with E-state index in [0.717, 1.165) is 23.4 Å². The number of nitrogens with zero attached hydrogens (tertiary/aromatic N) is 3. The second kappa shape index (κ2) is 8.14. The molecular formula is C21H21N5O3. The van der Waals surface area contributed by atoms with Crippen molar-refractivity contribution >= 4 is 17.7 Å². The number of cyclic esters (lactones) is 1. The number of amides is 2. The average molecular weight is 391 g/mol. The number of anilines is 1. The van der Waals surface area contributed by atoms with E-state index in [1.54, 1.807) is 17.0 Å². The number of hydrogen-bond acceptors (Lipinski definition) is 5. The molecule has 2 aromatic carbocycles. The van der Waals surface area contributed by atoms with Gasteiger partial charge >= 0.3 is 6.09 Å². The van der Waals surface area contributed by atoms with Crippen molar-refractivity contribution < 1.29 is 14.3 Å². The quantitative estimate of drug-likeness (QED) is 0.672. The molecular weight excluding hydrogens is 370 g/mol. The van der Waals surface area contributed by atoms with Crippen LogP contribution in [0.3, 0.4) is 0 Å². The Morgan fingerprint density at radius 2 is 1.93 bits per heavy atom. The maximum absolute atomic E-state index is 12.5.